The molecule has 1 amide bonds. The molecule has 0 spiro atoms. The van der Waals surface area contributed by atoms with Crippen LogP contribution in [0.2, 0.25) is 0 Å². The van der Waals surface area contributed by atoms with Crippen LogP contribution in [0.15, 0.2) is 0 Å². The Morgan fingerprint density at radius 3 is 2.88 bits per heavy atom. The molecule has 4 nitrogen and oxygen atoms in total. The van der Waals surface area contributed by atoms with Crippen LogP contribution in [0, 0.1) is 5.41 Å². The number of carbonyl (C=O) groups is 1. The topological polar surface area (TPSA) is 61.4 Å². The molecule has 0 aliphatic carbocycles. The van der Waals surface area contributed by atoms with Gasteiger partial charge in [0.05, 0.1) is 5.41 Å². The van der Waals surface area contributed by atoms with Crippen molar-refractivity contribution in [3.8, 4) is 0 Å². The Morgan fingerprint density at radius 1 is 1.59 bits per heavy atom. The van der Waals surface area contributed by atoms with E-state index in [1.807, 2.05) is 6.92 Å². The Hall–Kier alpha value is -0.610. The molecule has 0 saturated carbocycles. The molecule has 0 radical (unpaired) electrons. The Bertz CT molecular complexity index is 238. The van der Waals surface area contributed by atoms with Crippen LogP contribution in [0.5, 0.6) is 0 Å². The predicted octanol–water partition coefficient (Wildman–Crippen LogP) is 1.04. The van der Waals surface area contributed by atoms with Gasteiger partial charge in [-0.2, -0.15) is 0 Å². The number of piperidine rings is 1. The van der Waals surface area contributed by atoms with Gasteiger partial charge in [-0.25, -0.2) is 0 Å². The third kappa shape index (κ3) is 3.96. The number of aliphatic hydroxyl groups excluding tert-OH is 1. The second-order valence-electron chi connectivity index (χ2n) is 5.15. The third-order valence-corrected chi connectivity index (χ3v) is 3.80. The van der Waals surface area contributed by atoms with Gasteiger partial charge < -0.3 is 15.7 Å². The van der Waals surface area contributed by atoms with Crippen molar-refractivity contribution >= 4 is 5.91 Å². The number of carbonyl (C=O) groups excluding carboxylic acids is 1. The second-order valence-corrected chi connectivity index (χ2v) is 5.15. The molecule has 1 aliphatic rings. The minimum absolute atomic E-state index is 0.153. The number of hydrogen-bond donors (Lipinski definition) is 3. The highest BCUT2D eigenvalue weighted by Gasteiger charge is 2.37. The fraction of sp³-hybridized carbons (Fsp3) is 0.923. The van der Waals surface area contributed by atoms with Gasteiger partial charge in [0.1, 0.15) is 0 Å². The SMILES string of the molecule is CCC1(C(=O)NC(C)CCCO)CCCNC1. The largest absolute Gasteiger partial charge is 0.396 e. The fourth-order valence-electron chi connectivity index (χ4n) is 2.47. The van der Waals surface area contributed by atoms with Gasteiger partial charge >= 0.3 is 0 Å². The summed E-state index contributed by atoms with van der Waals surface area (Å²) in [6, 6.07) is 0.153. The first kappa shape index (κ1) is 14.5. The van der Waals surface area contributed by atoms with E-state index >= 15 is 0 Å². The van der Waals surface area contributed by atoms with Crippen molar-refractivity contribution in [1.82, 2.24) is 10.6 Å². The molecule has 0 aromatic rings. The van der Waals surface area contributed by atoms with Gasteiger partial charge in [0.2, 0.25) is 5.91 Å². The van der Waals surface area contributed by atoms with Crippen molar-refractivity contribution in [2.75, 3.05) is 19.7 Å². The minimum atomic E-state index is -0.217. The van der Waals surface area contributed by atoms with Gasteiger partial charge in [-0.3, -0.25) is 4.79 Å². The zero-order valence-corrected chi connectivity index (χ0v) is 11.1. The molecular weight excluding hydrogens is 216 g/mol. The highest BCUT2D eigenvalue weighted by molar-refractivity contribution is 5.83. The van der Waals surface area contributed by atoms with E-state index in [4.69, 9.17) is 5.11 Å². The van der Waals surface area contributed by atoms with Gasteiger partial charge in [-0.15, -0.1) is 0 Å². The molecule has 100 valence electrons. The third-order valence-electron chi connectivity index (χ3n) is 3.80. The maximum Gasteiger partial charge on any atom is 0.227 e. The fourth-order valence-corrected chi connectivity index (χ4v) is 2.47. The van der Waals surface area contributed by atoms with E-state index < -0.39 is 0 Å². The lowest BCUT2D eigenvalue weighted by Crippen LogP contribution is -2.52. The quantitative estimate of drug-likeness (QED) is 0.652. The number of aliphatic hydroxyl groups is 1. The van der Waals surface area contributed by atoms with Crippen molar-refractivity contribution in [3.63, 3.8) is 0 Å². The summed E-state index contributed by atoms with van der Waals surface area (Å²) in [4.78, 5) is 12.3. The molecule has 2 unspecified atom stereocenters. The van der Waals surface area contributed by atoms with E-state index in [0.29, 0.717) is 0 Å². The molecule has 1 aliphatic heterocycles. The Balaban J connectivity index is 2.48. The number of rotatable bonds is 6. The summed E-state index contributed by atoms with van der Waals surface area (Å²) in [5, 5.41) is 15.2. The molecule has 0 aromatic carbocycles. The molecule has 2 atom stereocenters. The minimum Gasteiger partial charge on any atom is -0.396 e. The van der Waals surface area contributed by atoms with Crippen LogP contribution in [0.4, 0.5) is 0 Å². The predicted molar refractivity (Wildman–Crippen MR) is 68.8 cm³/mol. The maximum atomic E-state index is 12.3. The lowest BCUT2D eigenvalue weighted by molar-refractivity contribution is -0.133. The smallest absolute Gasteiger partial charge is 0.227 e. The first-order chi connectivity index (χ1) is 8.14. The first-order valence-corrected chi connectivity index (χ1v) is 6.77. The van der Waals surface area contributed by atoms with E-state index in [9.17, 15) is 4.79 Å². The van der Waals surface area contributed by atoms with Crippen molar-refractivity contribution in [2.24, 2.45) is 5.41 Å². The molecule has 17 heavy (non-hydrogen) atoms. The summed E-state index contributed by atoms with van der Waals surface area (Å²) in [6.07, 6.45) is 4.54. The normalized spacial score (nSPS) is 26.5. The van der Waals surface area contributed by atoms with Gasteiger partial charge in [0.15, 0.2) is 0 Å². The lowest BCUT2D eigenvalue weighted by atomic mass is 9.77. The zero-order chi connectivity index (χ0) is 12.7. The lowest BCUT2D eigenvalue weighted by Gasteiger charge is -2.36. The van der Waals surface area contributed by atoms with Gasteiger partial charge in [0.25, 0.3) is 0 Å². The molecule has 4 heteroatoms. The molecule has 0 aromatic heterocycles. The summed E-state index contributed by atoms with van der Waals surface area (Å²) in [6.45, 7) is 6.11. The first-order valence-electron chi connectivity index (χ1n) is 6.77. The number of nitrogens with one attached hydrogen (secondary N) is 2. The molecule has 1 fully saturated rings. The van der Waals surface area contributed by atoms with Crippen LogP contribution in [-0.2, 0) is 4.79 Å². The average Bonchev–Trinajstić information content (AvgIpc) is 2.37. The summed E-state index contributed by atoms with van der Waals surface area (Å²) in [5.41, 5.74) is -0.217. The van der Waals surface area contributed by atoms with E-state index in [1.54, 1.807) is 0 Å². The van der Waals surface area contributed by atoms with Crippen LogP contribution >= 0.6 is 0 Å². The van der Waals surface area contributed by atoms with Gasteiger partial charge in [-0.05, 0) is 45.6 Å². The standard InChI is InChI=1S/C13H26N2O2/c1-3-13(7-5-8-14-10-13)12(17)15-11(2)6-4-9-16/h11,14,16H,3-10H2,1-2H3,(H,15,17). The van der Waals surface area contributed by atoms with Crippen molar-refractivity contribution in [1.29, 1.82) is 0 Å². The van der Waals surface area contributed by atoms with E-state index in [2.05, 4.69) is 17.6 Å². The monoisotopic (exact) mass is 242 g/mol. The Morgan fingerprint density at radius 2 is 2.35 bits per heavy atom. The highest BCUT2D eigenvalue weighted by atomic mass is 16.3. The zero-order valence-electron chi connectivity index (χ0n) is 11.1. The summed E-state index contributed by atoms with van der Waals surface area (Å²) >= 11 is 0. The Kier molecular flexibility index (Phi) is 5.92. The molecule has 1 heterocycles. The van der Waals surface area contributed by atoms with E-state index in [-0.39, 0.29) is 24.0 Å². The van der Waals surface area contributed by atoms with Crippen LogP contribution in [0.25, 0.3) is 0 Å². The highest BCUT2D eigenvalue weighted by Crippen LogP contribution is 2.30. The van der Waals surface area contributed by atoms with E-state index in [0.717, 1.165) is 45.2 Å². The number of hydrogen-bond acceptors (Lipinski definition) is 3. The van der Waals surface area contributed by atoms with Crippen molar-refractivity contribution in [3.05, 3.63) is 0 Å². The molecule has 1 saturated heterocycles. The molecule has 1 rings (SSSR count). The average molecular weight is 242 g/mol. The maximum absolute atomic E-state index is 12.3. The summed E-state index contributed by atoms with van der Waals surface area (Å²) in [5.74, 6) is 0.178. The van der Waals surface area contributed by atoms with Crippen molar-refractivity contribution in [2.45, 2.75) is 52.0 Å². The number of amides is 1. The van der Waals surface area contributed by atoms with Crippen LogP contribution in [-0.4, -0.2) is 36.8 Å². The Labute approximate surface area is 104 Å². The molecule has 0 bridgehead atoms. The summed E-state index contributed by atoms with van der Waals surface area (Å²) in [7, 11) is 0. The van der Waals surface area contributed by atoms with Crippen molar-refractivity contribution < 1.29 is 9.90 Å². The molecule has 3 N–H and O–H groups in total. The van der Waals surface area contributed by atoms with Crippen LogP contribution in [0.1, 0.15) is 46.0 Å². The van der Waals surface area contributed by atoms with Crippen LogP contribution < -0.4 is 10.6 Å². The van der Waals surface area contributed by atoms with Crippen LogP contribution in [0.3, 0.4) is 0 Å². The molecular formula is C13H26N2O2. The van der Waals surface area contributed by atoms with Gasteiger partial charge in [-0.1, -0.05) is 6.92 Å². The summed E-state index contributed by atoms with van der Waals surface area (Å²) < 4.78 is 0. The van der Waals surface area contributed by atoms with E-state index in [1.165, 1.54) is 0 Å². The second kappa shape index (κ2) is 6.97. The van der Waals surface area contributed by atoms with Gasteiger partial charge in [0, 0.05) is 19.2 Å².